The number of carbonyl (C=O) groups excluding carboxylic acids is 2. The topological polar surface area (TPSA) is 126 Å². The third-order valence-corrected chi connectivity index (χ3v) is 13.4. The number of aliphatic hydroxyl groups excluding tert-OH is 1. The second-order valence-corrected chi connectivity index (χ2v) is 18.9. The van der Waals surface area contributed by atoms with Gasteiger partial charge in [0.2, 0.25) is 5.91 Å². The number of carbonyl (C=O) groups is 2. The van der Waals surface area contributed by atoms with Crippen molar-refractivity contribution < 1.29 is 32.8 Å². The van der Waals surface area contributed by atoms with E-state index in [1.165, 1.54) is 11.3 Å². The number of β-amino-alcohol motifs (C(OH)–C–C–N with tert-alkyl or cyclic N) is 1. The number of hydrogen-bond acceptors (Lipinski definition) is 8. The van der Waals surface area contributed by atoms with Crippen LogP contribution in [0, 0.1) is 5.92 Å². The molecular weight excluding hydrogens is 855 g/mol. The lowest BCUT2D eigenvalue weighted by molar-refractivity contribution is -0.124. The molecule has 1 aliphatic carbocycles. The minimum Gasteiger partial charge on any atom is -0.490 e. The molecule has 4 N–H and O–H groups in total. The Labute approximate surface area is 391 Å². The van der Waals surface area contributed by atoms with Gasteiger partial charge in [0.05, 0.1) is 17.1 Å². The molecule has 1 saturated carbocycles. The van der Waals surface area contributed by atoms with Gasteiger partial charge in [0, 0.05) is 46.5 Å². The van der Waals surface area contributed by atoms with Crippen LogP contribution in [0.1, 0.15) is 83.4 Å². The Morgan fingerprint density at radius 3 is 2.50 bits per heavy atom. The number of nitrogens with zero attached hydrogens (tertiary/aromatic N) is 2. The fourth-order valence-electron chi connectivity index (χ4n) is 8.62. The second kappa shape index (κ2) is 22.6. The highest BCUT2D eigenvalue weighted by molar-refractivity contribution is 7.13. The van der Waals surface area contributed by atoms with Gasteiger partial charge in [0.25, 0.3) is 5.91 Å². The first-order valence-corrected chi connectivity index (χ1v) is 23.8. The van der Waals surface area contributed by atoms with Crippen LogP contribution in [0.3, 0.4) is 0 Å². The van der Waals surface area contributed by atoms with Crippen LogP contribution in [0.4, 0.5) is 8.63 Å². The number of aromatic nitrogens is 1. The molecule has 0 bridgehead atoms. The Hall–Kier alpha value is -5.83. The van der Waals surface area contributed by atoms with Gasteiger partial charge in [-0.15, -0.1) is 11.3 Å². The lowest BCUT2D eigenvalue weighted by Gasteiger charge is -2.44. The number of benzene rings is 3. The zero-order valence-electron chi connectivity index (χ0n) is 38.0. The Bertz CT molecular complexity index is 2520. The first kappa shape index (κ1) is 48.1. The Balaban J connectivity index is 0.733. The van der Waals surface area contributed by atoms with Crippen LogP contribution in [0.15, 0.2) is 125 Å². The molecule has 66 heavy (non-hydrogen) atoms. The maximum Gasteiger partial charge on any atom is 0.678 e. The van der Waals surface area contributed by atoms with Crippen LogP contribution in [0.2, 0.25) is 0 Å². The Morgan fingerprint density at radius 2 is 1.73 bits per heavy atom. The SMILES string of the molecule is CC1(NC[C@H](O)COc2cccc3ccccc23)CCC(C(C)(C)NC(=O)CCCCCNC(=O)COc2ccc(/C=C/C3=NC(=C\c4ccc(-c5cccs5)n4B(F)F)/C=C3)cc2)CC1. The second-order valence-electron chi connectivity index (χ2n) is 18.0. The van der Waals surface area contributed by atoms with Crippen molar-refractivity contribution in [2.24, 2.45) is 10.9 Å². The first-order chi connectivity index (χ1) is 31.8. The van der Waals surface area contributed by atoms with Gasteiger partial charge in [0.1, 0.15) is 24.2 Å². The number of unbranched alkanes of at least 4 members (excludes halogenated alkanes) is 2. The van der Waals surface area contributed by atoms with E-state index in [-0.39, 0.29) is 36.1 Å². The molecule has 10 nitrogen and oxygen atoms in total. The highest BCUT2D eigenvalue weighted by atomic mass is 32.1. The van der Waals surface area contributed by atoms with Crippen LogP contribution in [-0.2, 0) is 9.59 Å². The number of halogens is 2. The van der Waals surface area contributed by atoms with Crippen molar-refractivity contribution in [3.05, 3.63) is 132 Å². The average molecular weight is 916 g/mol. The lowest BCUT2D eigenvalue weighted by atomic mass is 9.70. The van der Waals surface area contributed by atoms with E-state index in [0.29, 0.717) is 54.0 Å². The molecule has 2 amide bonds. The van der Waals surface area contributed by atoms with E-state index < -0.39 is 13.5 Å². The molecule has 0 saturated heterocycles. The predicted molar refractivity (Wildman–Crippen MR) is 264 cm³/mol. The van der Waals surface area contributed by atoms with Gasteiger partial charge >= 0.3 is 7.40 Å². The molecule has 1 fully saturated rings. The third kappa shape index (κ3) is 13.4. The van der Waals surface area contributed by atoms with E-state index in [1.807, 2.05) is 78.2 Å². The molecule has 1 aliphatic heterocycles. The van der Waals surface area contributed by atoms with E-state index in [9.17, 15) is 23.3 Å². The molecule has 1 atom stereocenters. The summed E-state index contributed by atoms with van der Waals surface area (Å²) in [4.78, 5) is 30.8. The summed E-state index contributed by atoms with van der Waals surface area (Å²) >= 11 is 1.42. The number of rotatable bonds is 22. The van der Waals surface area contributed by atoms with Crippen molar-refractivity contribution in [3.8, 4) is 22.1 Å². The number of allylic oxidation sites excluding steroid dienone is 3. The van der Waals surface area contributed by atoms with Crippen LogP contribution in [0.5, 0.6) is 11.5 Å². The van der Waals surface area contributed by atoms with Crippen molar-refractivity contribution >= 4 is 59.2 Å². The monoisotopic (exact) mass is 915 g/mol. The molecule has 14 heteroatoms. The molecule has 5 aromatic rings. The molecule has 0 radical (unpaired) electrons. The fraction of sp³-hybridized carbons (Fsp3) is 0.365. The van der Waals surface area contributed by atoms with Gasteiger partial charge in [0.15, 0.2) is 6.61 Å². The summed E-state index contributed by atoms with van der Waals surface area (Å²) in [6.45, 7) is 7.52. The fourth-order valence-corrected chi connectivity index (χ4v) is 9.37. The number of ether oxygens (including phenoxy) is 2. The molecule has 2 aliphatic rings. The molecular formula is C52H60BF2N5O5S. The number of aliphatic imine (C=N–C) groups is 1. The first-order valence-electron chi connectivity index (χ1n) is 22.9. The maximum absolute atomic E-state index is 14.0. The summed E-state index contributed by atoms with van der Waals surface area (Å²) in [5.41, 5.74) is 2.63. The van der Waals surface area contributed by atoms with Gasteiger partial charge in [-0.2, -0.15) is 0 Å². The number of nitrogens with one attached hydrogen (secondary N) is 3. The molecule has 0 unspecified atom stereocenters. The van der Waals surface area contributed by atoms with E-state index in [4.69, 9.17) is 9.47 Å². The number of fused-ring (bicyclic) bond motifs is 1. The normalized spacial score (nSPS) is 18.4. The van der Waals surface area contributed by atoms with E-state index >= 15 is 0 Å². The average Bonchev–Trinajstić information content (AvgIpc) is 4.10. The number of amides is 2. The van der Waals surface area contributed by atoms with Crippen molar-refractivity contribution in [1.82, 2.24) is 20.4 Å². The largest absolute Gasteiger partial charge is 0.678 e. The summed E-state index contributed by atoms with van der Waals surface area (Å²) in [7, 11) is -2.68. The highest BCUT2D eigenvalue weighted by Gasteiger charge is 2.38. The van der Waals surface area contributed by atoms with E-state index in [1.54, 1.807) is 36.4 Å². The molecule has 0 spiro atoms. The van der Waals surface area contributed by atoms with Crippen molar-refractivity contribution in [1.29, 1.82) is 0 Å². The van der Waals surface area contributed by atoms with Gasteiger partial charge in [-0.3, -0.25) is 18.2 Å². The summed E-state index contributed by atoms with van der Waals surface area (Å²) in [6.07, 6.45) is 15.0. The van der Waals surface area contributed by atoms with Crippen molar-refractivity contribution in [3.63, 3.8) is 0 Å². The van der Waals surface area contributed by atoms with Crippen LogP contribution in [0.25, 0.3) is 33.5 Å². The summed E-state index contributed by atoms with van der Waals surface area (Å²) in [6, 6.07) is 28.4. The van der Waals surface area contributed by atoms with E-state index in [2.05, 4.69) is 53.8 Å². The van der Waals surface area contributed by atoms with Gasteiger partial charge in [-0.25, -0.2) is 4.99 Å². The standard InChI is InChI=1S/C52H60BF2N5O5S/c1-51(2,39-27-29-52(3,30-28-39)57-34-43(61)35-65-47-14-9-12-38-11-6-7-13-45(38)47)59-49(62)16-5-4-8-31-56-50(63)36-64-44-24-18-37(19-25-44)17-20-40-21-22-41(58-40)33-42-23-26-46(60(42)53(54)55)48-15-10-32-66-48/h6-7,9-15,17-26,32-33,39,43,57,61H,4-5,8,16,27-31,34-36H2,1-3H3,(H,56,63)(H,59,62)/b20-17+,41-33-/t39?,43-,52?/m0/s1. The number of thiophene rings is 1. The molecule has 2 aromatic heterocycles. The Morgan fingerprint density at radius 1 is 0.939 bits per heavy atom. The van der Waals surface area contributed by atoms with Crippen LogP contribution < -0.4 is 25.4 Å². The molecule has 346 valence electrons. The smallest absolute Gasteiger partial charge is 0.490 e. The zero-order valence-corrected chi connectivity index (χ0v) is 38.8. The third-order valence-electron chi connectivity index (χ3n) is 12.5. The summed E-state index contributed by atoms with van der Waals surface area (Å²) in [5, 5.41) is 24.5. The van der Waals surface area contributed by atoms with E-state index in [0.717, 1.165) is 76.4 Å². The minimum atomic E-state index is -2.68. The molecule has 3 heterocycles. The Kier molecular flexibility index (Phi) is 16.5. The summed E-state index contributed by atoms with van der Waals surface area (Å²) in [5.74, 6) is 1.54. The quantitative estimate of drug-likeness (QED) is 0.0405. The van der Waals surface area contributed by atoms with Gasteiger partial charge in [-0.1, -0.05) is 67.1 Å². The van der Waals surface area contributed by atoms with Crippen LogP contribution in [-0.4, -0.2) is 78.0 Å². The zero-order chi connectivity index (χ0) is 46.5. The highest BCUT2D eigenvalue weighted by Crippen LogP contribution is 2.38. The predicted octanol–water partition coefficient (Wildman–Crippen LogP) is 10.1. The van der Waals surface area contributed by atoms with Crippen LogP contribution >= 0.6 is 11.3 Å². The van der Waals surface area contributed by atoms with Crippen molar-refractivity contribution in [2.75, 3.05) is 26.3 Å². The molecule has 7 rings (SSSR count). The van der Waals surface area contributed by atoms with Gasteiger partial charge in [-0.05, 0) is 142 Å². The number of hydrogen-bond donors (Lipinski definition) is 4. The number of aliphatic hydroxyl groups is 1. The lowest BCUT2D eigenvalue weighted by Crippen LogP contribution is -2.54. The van der Waals surface area contributed by atoms with Gasteiger partial charge < -0.3 is 35.0 Å². The minimum absolute atomic E-state index is 0.0512. The summed E-state index contributed by atoms with van der Waals surface area (Å²) < 4.78 is 40.7. The molecule has 3 aromatic carbocycles. The van der Waals surface area contributed by atoms with Crippen molar-refractivity contribution in [2.45, 2.75) is 89.3 Å². The maximum atomic E-state index is 14.0.